The number of aromatic nitrogens is 2. The first-order valence-corrected chi connectivity index (χ1v) is 9.65. The molecule has 1 aliphatic carbocycles. The Balaban J connectivity index is 1.42. The van der Waals surface area contributed by atoms with E-state index in [-0.39, 0.29) is 23.2 Å². The molecule has 29 heavy (non-hydrogen) atoms. The van der Waals surface area contributed by atoms with Gasteiger partial charge in [-0.1, -0.05) is 32.9 Å². The highest BCUT2D eigenvalue weighted by Crippen LogP contribution is 2.37. The first-order chi connectivity index (χ1) is 13.7. The number of nitrogens with zero attached hydrogens (tertiary/aromatic N) is 3. The van der Waals surface area contributed by atoms with Gasteiger partial charge in [-0.05, 0) is 29.2 Å². The molecule has 0 amide bonds. The number of nitro groups is 1. The Kier molecular flexibility index (Phi) is 4.61. The lowest BCUT2D eigenvalue weighted by atomic mass is 9.86. The first-order valence-electron chi connectivity index (χ1n) is 9.65. The van der Waals surface area contributed by atoms with Crippen molar-refractivity contribution in [3.63, 3.8) is 0 Å². The topological polar surface area (TPSA) is 87.3 Å². The molecule has 0 N–H and O–H groups in total. The molecule has 0 unspecified atom stereocenters. The van der Waals surface area contributed by atoms with E-state index >= 15 is 0 Å². The smallest absolute Gasteiger partial charge is 0.338 e. The number of carbonyl (C=O) groups excluding carboxylic acids is 1. The average Bonchev–Trinajstić information content (AvgIpc) is 3.06. The van der Waals surface area contributed by atoms with E-state index in [2.05, 4.69) is 44.1 Å². The molecule has 3 aromatic rings. The molecule has 2 aromatic carbocycles. The van der Waals surface area contributed by atoms with Crippen LogP contribution in [0.25, 0.3) is 10.9 Å². The monoisotopic (exact) mass is 393 g/mol. The average molecular weight is 393 g/mol. The molecule has 4 rings (SSSR count). The Bertz CT molecular complexity index is 1070. The summed E-state index contributed by atoms with van der Waals surface area (Å²) in [6.07, 6.45) is 3.11. The van der Waals surface area contributed by atoms with Crippen LogP contribution in [0.1, 0.15) is 55.6 Å². The third kappa shape index (κ3) is 3.72. The second-order valence-electron chi connectivity index (χ2n) is 8.57. The molecular weight excluding hydrogens is 370 g/mol. The van der Waals surface area contributed by atoms with Crippen molar-refractivity contribution in [2.24, 2.45) is 0 Å². The number of fused-ring (bicyclic) bond motifs is 1. The van der Waals surface area contributed by atoms with E-state index in [0.29, 0.717) is 18.4 Å². The summed E-state index contributed by atoms with van der Waals surface area (Å²) < 4.78 is 7.57. The van der Waals surface area contributed by atoms with E-state index < -0.39 is 10.9 Å². The predicted octanol–water partition coefficient (Wildman–Crippen LogP) is 4.80. The minimum atomic E-state index is -0.495. The first kappa shape index (κ1) is 19.1. The Hall–Kier alpha value is -3.22. The highest BCUT2D eigenvalue weighted by Gasteiger charge is 2.35. The fraction of sp³-hybridized carbons (Fsp3) is 0.364. The fourth-order valence-corrected chi connectivity index (χ4v) is 3.57. The van der Waals surface area contributed by atoms with Gasteiger partial charge in [0.15, 0.2) is 0 Å². The van der Waals surface area contributed by atoms with Crippen molar-refractivity contribution in [3.05, 3.63) is 69.9 Å². The molecule has 0 aliphatic heterocycles. The number of ether oxygens (including phenoxy) is 1. The van der Waals surface area contributed by atoms with Crippen molar-refractivity contribution in [2.75, 3.05) is 0 Å². The molecule has 1 saturated carbocycles. The molecule has 7 nitrogen and oxygen atoms in total. The SMILES string of the molecule is CC(C)(C)c1ccc2cnn(C3CC(OC(=O)c4ccc([N+](=O)[O-])cc4)C3)c2c1. The number of esters is 1. The van der Waals surface area contributed by atoms with Crippen LogP contribution in [0.2, 0.25) is 0 Å². The summed E-state index contributed by atoms with van der Waals surface area (Å²) in [5, 5.41) is 16.4. The number of benzene rings is 2. The van der Waals surface area contributed by atoms with Crippen LogP contribution < -0.4 is 0 Å². The molecule has 0 bridgehead atoms. The van der Waals surface area contributed by atoms with Crippen LogP contribution in [-0.4, -0.2) is 26.8 Å². The molecule has 0 spiro atoms. The lowest BCUT2D eigenvalue weighted by molar-refractivity contribution is -0.384. The Labute approximate surface area is 168 Å². The zero-order chi connectivity index (χ0) is 20.8. The summed E-state index contributed by atoms with van der Waals surface area (Å²) in [7, 11) is 0. The van der Waals surface area contributed by atoms with Gasteiger partial charge >= 0.3 is 5.97 Å². The van der Waals surface area contributed by atoms with Gasteiger partial charge in [-0.15, -0.1) is 0 Å². The van der Waals surface area contributed by atoms with E-state index in [1.165, 1.54) is 29.8 Å². The number of hydrogen-bond donors (Lipinski definition) is 0. The van der Waals surface area contributed by atoms with Crippen molar-refractivity contribution in [2.45, 2.75) is 51.2 Å². The van der Waals surface area contributed by atoms with Gasteiger partial charge in [0.25, 0.3) is 5.69 Å². The lowest BCUT2D eigenvalue weighted by Crippen LogP contribution is -2.35. The highest BCUT2D eigenvalue weighted by molar-refractivity contribution is 5.89. The molecule has 7 heteroatoms. The van der Waals surface area contributed by atoms with Crippen molar-refractivity contribution < 1.29 is 14.5 Å². The van der Waals surface area contributed by atoms with Gasteiger partial charge in [0, 0.05) is 30.4 Å². The Morgan fingerprint density at radius 1 is 1.17 bits per heavy atom. The van der Waals surface area contributed by atoms with Crippen molar-refractivity contribution >= 4 is 22.6 Å². The van der Waals surface area contributed by atoms with Gasteiger partial charge in [-0.3, -0.25) is 14.8 Å². The van der Waals surface area contributed by atoms with Crippen LogP contribution in [-0.2, 0) is 10.2 Å². The Morgan fingerprint density at radius 3 is 2.48 bits per heavy atom. The van der Waals surface area contributed by atoms with Crippen LogP contribution in [0.5, 0.6) is 0 Å². The maximum Gasteiger partial charge on any atom is 0.338 e. The standard InChI is InChI=1S/C22H23N3O4/c1-22(2,3)16-7-4-15-13-23-24(20(15)10-16)18-11-19(12-18)29-21(26)14-5-8-17(9-6-14)25(27)28/h4-10,13,18-19H,11-12H2,1-3H3. The molecule has 1 aliphatic rings. The van der Waals surface area contributed by atoms with E-state index in [1.54, 1.807) is 0 Å². The van der Waals surface area contributed by atoms with Gasteiger partial charge in [0.05, 0.1) is 28.2 Å². The molecule has 0 radical (unpaired) electrons. The maximum absolute atomic E-state index is 12.3. The molecular formula is C22H23N3O4. The van der Waals surface area contributed by atoms with E-state index in [1.807, 2.05) is 10.9 Å². The van der Waals surface area contributed by atoms with E-state index in [9.17, 15) is 14.9 Å². The zero-order valence-electron chi connectivity index (χ0n) is 16.7. The summed E-state index contributed by atoms with van der Waals surface area (Å²) in [6.45, 7) is 6.56. The number of carbonyl (C=O) groups is 1. The van der Waals surface area contributed by atoms with E-state index in [0.717, 1.165) is 10.9 Å². The number of hydrogen-bond acceptors (Lipinski definition) is 5. The second-order valence-corrected chi connectivity index (χ2v) is 8.57. The van der Waals surface area contributed by atoms with Crippen LogP contribution in [0, 0.1) is 10.1 Å². The molecule has 1 aromatic heterocycles. The fourth-order valence-electron chi connectivity index (χ4n) is 3.57. The van der Waals surface area contributed by atoms with E-state index in [4.69, 9.17) is 4.74 Å². The normalized spacial score (nSPS) is 19.0. The van der Waals surface area contributed by atoms with Crippen molar-refractivity contribution in [3.8, 4) is 0 Å². The molecule has 150 valence electrons. The predicted molar refractivity (Wildman–Crippen MR) is 109 cm³/mol. The summed E-state index contributed by atoms with van der Waals surface area (Å²) in [4.78, 5) is 22.5. The van der Waals surface area contributed by atoms with Gasteiger partial charge < -0.3 is 4.74 Å². The maximum atomic E-state index is 12.3. The highest BCUT2D eigenvalue weighted by atomic mass is 16.6. The minimum Gasteiger partial charge on any atom is -0.459 e. The summed E-state index contributed by atoms with van der Waals surface area (Å²) in [6, 6.07) is 12.1. The number of nitro benzene ring substituents is 1. The summed E-state index contributed by atoms with van der Waals surface area (Å²) in [5.41, 5.74) is 2.68. The third-order valence-corrected chi connectivity index (χ3v) is 5.47. The lowest BCUT2D eigenvalue weighted by Gasteiger charge is -2.35. The zero-order valence-corrected chi connectivity index (χ0v) is 16.7. The van der Waals surface area contributed by atoms with Gasteiger partial charge in [-0.25, -0.2) is 4.79 Å². The molecule has 1 fully saturated rings. The summed E-state index contributed by atoms with van der Waals surface area (Å²) >= 11 is 0. The van der Waals surface area contributed by atoms with Gasteiger partial charge in [0.1, 0.15) is 6.10 Å². The van der Waals surface area contributed by atoms with Crippen molar-refractivity contribution in [1.29, 1.82) is 0 Å². The Morgan fingerprint density at radius 2 is 1.86 bits per heavy atom. The van der Waals surface area contributed by atoms with Gasteiger partial charge in [-0.2, -0.15) is 5.10 Å². The number of rotatable bonds is 4. The summed E-state index contributed by atoms with van der Waals surface area (Å²) in [5.74, 6) is -0.455. The largest absolute Gasteiger partial charge is 0.459 e. The van der Waals surface area contributed by atoms with Crippen LogP contribution >= 0.6 is 0 Å². The third-order valence-electron chi connectivity index (χ3n) is 5.47. The molecule has 0 atom stereocenters. The van der Waals surface area contributed by atoms with Gasteiger partial charge in [0.2, 0.25) is 0 Å². The molecule has 1 heterocycles. The number of non-ortho nitro benzene ring substituents is 1. The van der Waals surface area contributed by atoms with Crippen LogP contribution in [0.3, 0.4) is 0 Å². The quantitative estimate of drug-likeness (QED) is 0.361. The van der Waals surface area contributed by atoms with Crippen molar-refractivity contribution in [1.82, 2.24) is 9.78 Å². The van der Waals surface area contributed by atoms with Crippen LogP contribution in [0.15, 0.2) is 48.7 Å². The van der Waals surface area contributed by atoms with Crippen LogP contribution in [0.4, 0.5) is 5.69 Å². The second kappa shape index (κ2) is 6.99. The molecule has 0 saturated heterocycles. The minimum absolute atomic E-state index is 0.0505.